The molecule has 2 heterocycles. The first-order valence-corrected chi connectivity index (χ1v) is 11.7. The van der Waals surface area contributed by atoms with E-state index in [0.717, 1.165) is 22.9 Å². The molecule has 2 aromatic carbocycles. The van der Waals surface area contributed by atoms with Crippen LogP contribution >= 0.6 is 0 Å². The van der Waals surface area contributed by atoms with Crippen molar-refractivity contribution in [3.05, 3.63) is 94.2 Å². The number of hydrogen-bond donors (Lipinski definition) is 1. The molecule has 0 aliphatic carbocycles. The predicted octanol–water partition coefficient (Wildman–Crippen LogP) is 3.30. The van der Waals surface area contributed by atoms with Gasteiger partial charge in [0, 0.05) is 12.1 Å². The van der Waals surface area contributed by atoms with E-state index in [2.05, 4.69) is 4.72 Å². The number of aromatic nitrogens is 1. The lowest BCUT2D eigenvalue weighted by Gasteiger charge is -2.35. The van der Waals surface area contributed by atoms with E-state index >= 15 is 0 Å². The quantitative estimate of drug-likeness (QED) is 0.681. The van der Waals surface area contributed by atoms with Gasteiger partial charge in [-0.1, -0.05) is 54.6 Å². The third-order valence-electron chi connectivity index (χ3n) is 5.51. The average molecular weight is 427 g/mol. The highest BCUT2D eigenvalue weighted by Gasteiger charge is 2.33. The zero-order valence-electron chi connectivity index (χ0n) is 16.6. The first kappa shape index (κ1) is 20.5. The molecule has 3 aromatic rings. The summed E-state index contributed by atoms with van der Waals surface area (Å²) in [7, 11) is -3.48. The maximum atomic E-state index is 14.4. The van der Waals surface area contributed by atoms with Gasteiger partial charge in [0.15, 0.2) is 0 Å². The van der Waals surface area contributed by atoms with Crippen molar-refractivity contribution in [2.45, 2.75) is 31.3 Å². The second-order valence-corrected chi connectivity index (χ2v) is 9.49. The smallest absolute Gasteiger partial charge is 0.251 e. The van der Waals surface area contributed by atoms with Crippen LogP contribution in [0.15, 0.2) is 71.5 Å². The number of fused-ring (bicyclic) bond motifs is 1. The van der Waals surface area contributed by atoms with Crippen LogP contribution in [0.2, 0.25) is 0 Å². The monoisotopic (exact) mass is 426 g/mol. The van der Waals surface area contributed by atoms with Crippen LogP contribution in [0.1, 0.15) is 23.7 Å². The van der Waals surface area contributed by atoms with Gasteiger partial charge in [0.25, 0.3) is 5.56 Å². The van der Waals surface area contributed by atoms with E-state index in [1.54, 1.807) is 0 Å². The fourth-order valence-corrected chi connectivity index (χ4v) is 5.06. The van der Waals surface area contributed by atoms with Crippen LogP contribution < -0.4 is 10.3 Å². The van der Waals surface area contributed by atoms with Crippen molar-refractivity contribution < 1.29 is 12.8 Å². The molecular weight excluding hydrogens is 403 g/mol. The van der Waals surface area contributed by atoms with Gasteiger partial charge in [-0.05, 0) is 42.0 Å². The average Bonchev–Trinajstić information content (AvgIpc) is 2.72. The number of sulfonamides is 1. The highest BCUT2D eigenvalue weighted by molar-refractivity contribution is 7.88. The number of hydrogen-bond acceptors (Lipinski definition) is 3. The summed E-state index contributed by atoms with van der Waals surface area (Å²) in [4.78, 5) is 12.6. The number of benzene rings is 2. The van der Waals surface area contributed by atoms with Crippen LogP contribution in [0.4, 0.5) is 4.39 Å². The van der Waals surface area contributed by atoms with Crippen molar-refractivity contribution >= 4 is 10.0 Å². The van der Waals surface area contributed by atoms with Gasteiger partial charge >= 0.3 is 0 Å². The summed E-state index contributed by atoms with van der Waals surface area (Å²) in [5.41, 5.74) is 3.06. The Bertz CT molecular complexity index is 1220. The molecule has 0 saturated carbocycles. The van der Waals surface area contributed by atoms with Crippen molar-refractivity contribution in [1.82, 2.24) is 9.29 Å². The molecule has 5 nitrogen and oxygen atoms in total. The maximum absolute atomic E-state index is 14.4. The normalized spacial score (nSPS) is 18.7. The fraction of sp³-hybridized carbons (Fsp3) is 0.261. The topological polar surface area (TPSA) is 68.2 Å². The number of nitrogens with zero attached hydrogens (tertiary/aromatic N) is 1. The highest BCUT2D eigenvalue weighted by atomic mass is 32.2. The van der Waals surface area contributed by atoms with Crippen LogP contribution in [0.25, 0.3) is 11.1 Å². The van der Waals surface area contributed by atoms with Crippen LogP contribution in [-0.4, -0.2) is 25.3 Å². The summed E-state index contributed by atoms with van der Waals surface area (Å²) in [6.07, 6.45) is 2.24. The molecule has 1 N–H and O–H groups in total. The van der Waals surface area contributed by atoms with Gasteiger partial charge < -0.3 is 4.57 Å². The molecule has 0 bridgehead atoms. The van der Waals surface area contributed by atoms with Crippen LogP contribution in [0.5, 0.6) is 0 Å². The number of nitrogens with one attached hydrogen (secondary N) is 1. The minimum Gasteiger partial charge on any atom is -0.305 e. The first-order valence-electron chi connectivity index (χ1n) is 9.83. The van der Waals surface area contributed by atoms with E-state index in [4.69, 9.17) is 0 Å². The van der Waals surface area contributed by atoms with Gasteiger partial charge in [-0.3, -0.25) is 4.79 Å². The van der Waals surface area contributed by atoms with E-state index in [9.17, 15) is 17.6 Å². The molecule has 30 heavy (non-hydrogen) atoms. The number of halogens is 1. The first-order chi connectivity index (χ1) is 14.3. The number of rotatable bonds is 5. The molecule has 2 atom stereocenters. The SMILES string of the molecule is CS(=O)(=O)NC1CCc2c(F)ccc(=O)n2C1Cc1cccc(-c2ccccc2)c1. The molecule has 0 spiro atoms. The van der Waals surface area contributed by atoms with Gasteiger partial charge in [0.05, 0.1) is 18.0 Å². The Hall–Kier alpha value is -2.77. The predicted molar refractivity (Wildman–Crippen MR) is 115 cm³/mol. The Balaban J connectivity index is 1.75. The largest absolute Gasteiger partial charge is 0.305 e. The minimum absolute atomic E-state index is 0.301. The van der Waals surface area contributed by atoms with Crippen LogP contribution in [0, 0.1) is 5.82 Å². The van der Waals surface area contributed by atoms with Crippen molar-refractivity contribution in [1.29, 1.82) is 0 Å². The molecule has 0 radical (unpaired) electrons. The van der Waals surface area contributed by atoms with Gasteiger partial charge in [-0.2, -0.15) is 0 Å². The lowest BCUT2D eigenvalue weighted by atomic mass is 9.90. The van der Waals surface area contributed by atoms with Crippen molar-refractivity contribution in [2.24, 2.45) is 0 Å². The molecule has 7 heteroatoms. The summed E-state index contributed by atoms with van der Waals surface area (Å²) >= 11 is 0. The molecule has 156 valence electrons. The Morgan fingerprint density at radius 1 is 1.03 bits per heavy atom. The third kappa shape index (κ3) is 4.37. The minimum atomic E-state index is -3.48. The molecule has 4 rings (SSSR count). The zero-order chi connectivity index (χ0) is 21.3. The standard InChI is InChI=1S/C23H23FN2O3S/c1-30(28,29)25-20-11-12-21-19(24)10-13-23(27)26(21)22(20)15-16-6-5-9-18(14-16)17-7-3-2-4-8-17/h2-10,13-14,20,22,25H,11-12,15H2,1H3. The van der Waals surface area contributed by atoms with Crippen molar-refractivity contribution in [3.8, 4) is 11.1 Å². The summed E-state index contributed by atoms with van der Waals surface area (Å²) in [5.74, 6) is -0.435. The molecule has 0 amide bonds. The molecule has 1 aliphatic rings. The Kier molecular flexibility index (Phi) is 5.58. The van der Waals surface area contributed by atoms with Crippen molar-refractivity contribution in [2.75, 3.05) is 6.26 Å². The molecule has 1 aliphatic heterocycles. The second-order valence-electron chi connectivity index (χ2n) is 7.71. The maximum Gasteiger partial charge on any atom is 0.251 e. The lowest BCUT2D eigenvalue weighted by molar-refractivity contribution is 0.306. The van der Waals surface area contributed by atoms with Crippen LogP contribution in [0.3, 0.4) is 0 Å². The van der Waals surface area contributed by atoms with Gasteiger partial charge in [0.1, 0.15) is 5.82 Å². The Morgan fingerprint density at radius 3 is 2.50 bits per heavy atom. The van der Waals surface area contributed by atoms with E-state index in [1.165, 1.54) is 16.7 Å². The lowest BCUT2D eigenvalue weighted by Crippen LogP contribution is -2.48. The van der Waals surface area contributed by atoms with Gasteiger partial charge in [-0.25, -0.2) is 17.5 Å². The molecule has 1 aromatic heterocycles. The molecular formula is C23H23FN2O3S. The Morgan fingerprint density at radius 2 is 1.77 bits per heavy atom. The van der Waals surface area contributed by atoms with E-state index in [1.807, 2.05) is 54.6 Å². The number of pyridine rings is 1. The molecule has 0 saturated heterocycles. The molecule has 2 unspecified atom stereocenters. The fourth-order valence-electron chi connectivity index (χ4n) is 4.23. The summed E-state index contributed by atoms with van der Waals surface area (Å²) < 4.78 is 42.4. The summed E-state index contributed by atoms with van der Waals surface area (Å²) in [6, 6.07) is 19.2. The van der Waals surface area contributed by atoms with Crippen molar-refractivity contribution in [3.63, 3.8) is 0 Å². The zero-order valence-corrected chi connectivity index (χ0v) is 17.4. The third-order valence-corrected chi connectivity index (χ3v) is 6.24. The van der Waals surface area contributed by atoms with Crippen LogP contribution in [-0.2, 0) is 22.9 Å². The highest BCUT2D eigenvalue weighted by Crippen LogP contribution is 2.30. The summed E-state index contributed by atoms with van der Waals surface area (Å²) in [5, 5.41) is 0. The van der Waals surface area contributed by atoms with Gasteiger partial charge in [0.2, 0.25) is 10.0 Å². The second kappa shape index (κ2) is 8.16. The molecule has 0 fully saturated rings. The summed E-state index contributed by atoms with van der Waals surface area (Å²) in [6.45, 7) is 0. The Labute approximate surface area is 175 Å². The van der Waals surface area contributed by atoms with E-state index in [0.29, 0.717) is 25.0 Å². The van der Waals surface area contributed by atoms with Gasteiger partial charge in [-0.15, -0.1) is 0 Å². The van der Waals surface area contributed by atoms with E-state index in [-0.39, 0.29) is 5.56 Å². The van der Waals surface area contributed by atoms with E-state index < -0.39 is 27.9 Å².